The summed E-state index contributed by atoms with van der Waals surface area (Å²) in [6.45, 7) is 1.33. The molecule has 0 bridgehead atoms. The summed E-state index contributed by atoms with van der Waals surface area (Å²) in [5, 5.41) is 10.5. The first-order chi connectivity index (χ1) is 14.3. The lowest BCUT2D eigenvalue weighted by Gasteiger charge is -2.16. The van der Waals surface area contributed by atoms with E-state index in [-0.39, 0.29) is 6.03 Å². The summed E-state index contributed by atoms with van der Waals surface area (Å²) < 4.78 is 8.60. The van der Waals surface area contributed by atoms with Crippen LogP contribution in [0.1, 0.15) is 0 Å². The van der Waals surface area contributed by atoms with Gasteiger partial charge in [-0.15, -0.1) is 0 Å². The lowest BCUT2D eigenvalue weighted by atomic mass is 10.1. The quantitative estimate of drug-likeness (QED) is 0.482. The molecule has 3 aromatic rings. The van der Waals surface area contributed by atoms with Crippen molar-refractivity contribution in [2.75, 3.05) is 37.9 Å². The lowest BCUT2D eigenvalue weighted by molar-refractivity contribution is 0.261. The van der Waals surface area contributed by atoms with Crippen LogP contribution in [0.15, 0.2) is 53.1 Å². The van der Waals surface area contributed by atoms with Gasteiger partial charge in [0, 0.05) is 35.6 Å². The minimum Gasteiger partial charge on any atom is -0.492 e. The number of ether oxygens (including phenoxy) is 1. The van der Waals surface area contributed by atoms with E-state index in [4.69, 9.17) is 16.3 Å². The van der Waals surface area contributed by atoms with E-state index in [1.807, 2.05) is 33.3 Å². The summed E-state index contributed by atoms with van der Waals surface area (Å²) in [6.07, 6.45) is 1.73. The highest BCUT2D eigenvalue weighted by Gasteiger charge is 2.16. The molecule has 0 aliphatic carbocycles. The number of anilines is 2. The van der Waals surface area contributed by atoms with E-state index in [2.05, 4.69) is 36.6 Å². The Morgan fingerprint density at radius 2 is 1.83 bits per heavy atom. The molecule has 0 atom stereocenters. The minimum atomic E-state index is -0.353. The maximum absolute atomic E-state index is 12.4. The summed E-state index contributed by atoms with van der Waals surface area (Å²) in [5.74, 6) is 0.713. The van der Waals surface area contributed by atoms with Gasteiger partial charge in [-0.1, -0.05) is 11.6 Å². The average Bonchev–Trinajstić information content (AvgIpc) is 3.02. The van der Waals surface area contributed by atoms with Crippen molar-refractivity contribution in [1.29, 1.82) is 0 Å². The zero-order chi connectivity index (χ0) is 21.7. The van der Waals surface area contributed by atoms with E-state index in [9.17, 15) is 4.79 Å². The first-order valence-electron chi connectivity index (χ1n) is 9.26. The van der Waals surface area contributed by atoms with Gasteiger partial charge in [-0.3, -0.25) is 4.68 Å². The molecule has 158 valence electrons. The highest BCUT2D eigenvalue weighted by Crippen LogP contribution is 2.36. The second kappa shape index (κ2) is 9.97. The summed E-state index contributed by atoms with van der Waals surface area (Å²) >= 11 is 9.43. The molecular formula is C21H23BrClN5O2. The number of nitrogens with zero attached hydrogens (tertiary/aromatic N) is 3. The molecule has 0 aliphatic rings. The van der Waals surface area contributed by atoms with Crippen molar-refractivity contribution >= 4 is 44.9 Å². The van der Waals surface area contributed by atoms with Crippen LogP contribution in [0, 0.1) is 0 Å². The average molecular weight is 493 g/mol. The fraction of sp³-hybridized carbons (Fsp3) is 0.238. The normalized spacial score (nSPS) is 10.9. The molecule has 30 heavy (non-hydrogen) atoms. The van der Waals surface area contributed by atoms with Crippen molar-refractivity contribution in [3.05, 3.63) is 58.2 Å². The maximum atomic E-state index is 12.4. The SMILES string of the molecule is CN(C)CCOc1ccc(NC(=O)Nc2ccc(Cl)cc2)cc1-c1c(Br)cnn1C. The van der Waals surface area contributed by atoms with E-state index in [0.29, 0.717) is 28.8 Å². The first kappa shape index (κ1) is 22.1. The summed E-state index contributed by atoms with van der Waals surface area (Å²) in [6, 6.07) is 12.1. The third kappa shape index (κ3) is 5.75. The molecule has 0 aliphatic heterocycles. The number of aryl methyl sites for hydroxylation is 1. The Balaban J connectivity index is 1.82. The fourth-order valence-electron chi connectivity index (χ4n) is 2.80. The Bertz CT molecular complexity index is 1000. The van der Waals surface area contributed by atoms with Gasteiger partial charge in [-0.25, -0.2) is 4.79 Å². The van der Waals surface area contributed by atoms with Crippen molar-refractivity contribution in [2.24, 2.45) is 7.05 Å². The highest BCUT2D eigenvalue weighted by atomic mass is 79.9. The summed E-state index contributed by atoms with van der Waals surface area (Å²) in [4.78, 5) is 14.5. The van der Waals surface area contributed by atoms with Gasteiger partial charge in [-0.2, -0.15) is 5.10 Å². The zero-order valence-corrected chi connectivity index (χ0v) is 19.3. The van der Waals surface area contributed by atoms with Gasteiger partial charge >= 0.3 is 6.03 Å². The van der Waals surface area contributed by atoms with E-state index in [0.717, 1.165) is 22.3 Å². The van der Waals surface area contributed by atoms with Crippen LogP contribution < -0.4 is 15.4 Å². The number of carbonyl (C=O) groups excluding carboxylic acids is 1. The molecule has 0 saturated heterocycles. The topological polar surface area (TPSA) is 71.4 Å². The molecule has 3 rings (SSSR count). The highest BCUT2D eigenvalue weighted by molar-refractivity contribution is 9.10. The van der Waals surface area contributed by atoms with Gasteiger partial charge in [0.05, 0.1) is 16.4 Å². The zero-order valence-electron chi connectivity index (χ0n) is 16.9. The first-order valence-corrected chi connectivity index (χ1v) is 10.4. The number of amides is 2. The maximum Gasteiger partial charge on any atom is 0.323 e. The third-order valence-electron chi connectivity index (χ3n) is 4.28. The van der Waals surface area contributed by atoms with Crippen LogP contribution in [0.25, 0.3) is 11.3 Å². The molecule has 0 radical (unpaired) electrons. The van der Waals surface area contributed by atoms with Crippen molar-refractivity contribution in [3.8, 4) is 17.0 Å². The van der Waals surface area contributed by atoms with Crippen LogP contribution in [0.2, 0.25) is 5.02 Å². The molecule has 1 aromatic heterocycles. The number of aromatic nitrogens is 2. The van der Waals surface area contributed by atoms with E-state index in [1.54, 1.807) is 41.2 Å². The second-order valence-electron chi connectivity index (χ2n) is 6.91. The van der Waals surface area contributed by atoms with Gasteiger partial charge in [0.1, 0.15) is 12.4 Å². The van der Waals surface area contributed by atoms with Crippen molar-refractivity contribution < 1.29 is 9.53 Å². The van der Waals surface area contributed by atoms with E-state index < -0.39 is 0 Å². The predicted octanol–water partition coefficient (Wildman–Crippen LogP) is 5.09. The monoisotopic (exact) mass is 491 g/mol. The molecule has 2 N–H and O–H groups in total. The molecule has 7 nitrogen and oxygen atoms in total. The number of likely N-dealkylation sites (N-methyl/N-ethyl adjacent to an activating group) is 1. The number of halogens is 2. The van der Waals surface area contributed by atoms with Crippen LogP contribution >= 0.6 is 27.5 Å². The largest absolute Gasteiger partial charge is 0.492 e. The molecular weight excluding hydrogens is 470 g/mol. The Hall–Kier alpha value is -2.55. The molecule has 9 heteroatoms. The predicted molar refractivity (Wildman–Crippen MR) is 124 cm³/mol. The Labute approximate surface area is 189 Å². The standard InChI is InChI=1S/C21H23BrClN5O2/c1-27(2)10-11-30-19-9-8-16(12-17(19)20-18(22)13-24-28(20)3)26-21(29)25-15-6-4-14(23)5-7-15/h4-9,12-13H,10-11H2,1-3H3,(H2,25,26,29). The number of hydrogen-bond acceptors (Lipinski definition) is 4. The van der Waals surface area contributed by atoms with Gasteiger partial charge in [0.2, 0.25) is 0 Å². The van der Waals surface area contributed by atoms with Crippen molar-refractivity contribution in [1.82, 2.24) is 14.7 Å². The molecule has 1 heterocycles. The van der Waals surface area contributed by atoms with E-state index >= 15 is 0 Å². The smallest absolute Gasteiger partial charge is 0.323 e. The summed E-state index contributed by atoms with van der Waals surface area (Å²) in [7, 11) is 5.85. The van der Waals surface area contributed by atoms with Crippen LogP contribution in [-0.2, 0) is 7.05 Å². The Morgan fingerprint density at radius 3 is 2.47 bits per heavy atom. The third-order valence-corrected chi connectivity index (χ3v) is 5.12. The molecule has 0 fully saturated rings. The molecule has 0 unspecified atom stereocenters. The van der Waals surface area contributed by atoms with E-state index in [1.165, 1.54) is 0 Å². The number of carbonyl (C=O) groups is 1. The van der Waals surface area contributed by atoms with Crippen molar-refractivity contribution in [2.45, 2.75) is 0 Å². The Kier molecular flexibility index (Phi) is 7.36. The van der Waals surface area contributed by atoms with Gasteiger partial charge in [-0.05, 0) is 72.5 Å². The number of benzene rings is 2. The Morgan fingerprint density at radius 1 is 1.17 bits per heavy atom. The molecule has 0 saturated carbocycles. The number of nitrogens with one attached hydrogen (secondary N) is 2. The molecule has 2 aromatic carbocycles. The number of hydrogen-bond donors (Lipinski definition) is 2. The van der Waals surface area contributed by atoms with Crippen LogP contribution in [0.3, 0.4) is 0 Å². The van der Waals surface area contributed by atoms with Crippen LogP contribution in [0.4, 0.5) is 16.2 Å². The summed E-state index contributed by atoms with van der Waals surface area (Å²) in [5.41, 5.74) is 2.96. The van der Waals surface area contributed by atoms with Crippen LogP contribution in [0.5, 0.6) is 5.75 Å². The number of rotatable bonds is 7. The minimum absolute atomic E-state index is 0.353. The lowest BCUT2D eigenvalue weighted by Crippen LogP contribution is -2.20. The molecule has 0 spiro atoms. The van der Waals surface area contributed by atoms with Crippen LogP contribution in [-0.4, -0.2) is 48.0 Å². The second-order valence-corrected chi connectivity index (χ2v) is 8.20. The molecule has 2 amide bonds. The number of urea groups is 1. The van der Waals surface area contributed by atoms with Gasteiger partial charge in [0.25, 0.3) is 0 Å². The van der Waals surface area contributed by atoms with Crippen molar-refractivity contribution in [3.63, 3.8) is 0 Å². The van der Waals surface area contributed by atoms with Gasteiger partial charge in [0.15, 0.2) is 0 Å². The van der Waals surface area contributed by atoms with Gasteiger partial charge < -0.3 is 20.3 Å². The fourth-order valence-corrected chi connectivity index (χ4v) is 3.48.